The van der Waals surface area contributed by atoms with Crippen molar-refractivity contribution in [2.45, 2.75) is 77.5 Å². The number of nitrogens with zero attached hydrogens (tertiary/aromatic N) is 1. The lowest BCUT2D eigenvalue weighted by Crippen LogP contribution is -2.44. The number of benzene rings is 1. The van der Waals surface area contributed by atoms with Gasteiger partial charge in [-0.3, -0.25) is 19.3 Å². The molecule has 0 N–H and O–H groups in total. The van der Waals surface area contributed by atoms with E-state index < -0.39 is 36.1 Å². The summed E-state index contributed by atoms with van der Waals surface area (Å²) in [6.45, 7) is 5.11. The van der Waals surface area contributed by atoms with Crippen molar-refractivity contribution in [3.05, 3.63) is 40.3 Å². The van der Waals surface area contributed by atoms with E-state index in [-0.39, 0.29) is 30.9 Å². The highest BCUT2D eigenvalue weighted by Crippen LogP contribution is 2.43. The molecule has 2 fully saturated rings. The number of esters is 2. The summed E-state index contributed by atoms with van der Waals surface area (Å²) in [4.78, 5) is 65.8. The standard InChI is InChI=1S/C31H35NO9S/c1-31(2,3)41-30(37)32-12-6-9-22(32)29(36)40-16-23(33)19-10-11-21-25(13-19)38-15-20-14-26(42-27(20)21)24(34)17-39-28(35)18-7-4-5-8-18/h10-11,13-14,18,22H,4-9,12,15-17H2,1-3H3/t22-/m0/s1. The van der Waals surface area contributed by atoms with E-state index in [1.54, 1.807) is 45.0 Å². The predicted molar refractivity (Wildman–Crippen MR) is 153 cm³/mol. The number of hydrogen-bond acceptors (Lipinski definition) is 10. The molecule has 0 spiro atoms. The second-order valence-electron chi connectivity index (χ2n) is 11.8. The molecule has 1 amide bonds. The van der Waals surface area contributed by atoms with E-state index >= 15 is 0 Å². The highest BCUT2D eigenvalue weighted by atomic mass is 32.1. The maximum Gasteiger partial charge on any atom is 0.411 e. The van der Waals surface area contributed by atoms with Crippen molar-refractivity contribution >= 4 is 40.9 Å². The van der Waals surface area contributed by atoms with Crippen molar-refractivity contribution in [2.24, 2.45) is 5.92 Å². The first kappa shape index (κ1) is 29.8. The monoisotopic (exact) mass is 597 g/mol. The second-order valence-corrected chi connectivity index (χ2v) is 12.9. The van der Waals surface area contributed by atoms with Gasteiger partial charge < -0.3 is 18.9 Å². The van der Waals surface area contributed by atoms with Gasteiger partial charge >= 0.3 is 18.0 Å². The Kier molecular flexibility index (Phi) is 8.68. The summed E-state index contributed by atoms with van der Waals surface area (Å²) in [5, 5.41) is 0. The molecule has 224 valence electrons. The van der Waals surface area contributed by atoms with Crippen LogP contribution in [0.5, 0.6) is 5.75 Å². The maximum atomic E-state index is 12.9. The Bertz CT molecular complexity index is 1400. The van der Waals surface area contributed by atoms with Crippen LogP contribution in [0.4, 0.5) is 4.79 Å². The van der Waals surface area contributed by atoms with Gasteiger partial charge in [-0.15, -0.1) is 11.3 Å². The quantitative estimate of drug-likeness (QED) is 0.225. The number of carbonyl (C=O) groups excluding carboxylic acids is 5. The van der Waals surface area contributed by atoms with E-state index in [9.17, 15) is 24.0 Å². The fourth-order valence-corrected chi connectivity index (χ4v) is 6.54. The van der Waals surface area contributed by atoms with Gasteiger partial charge in [-0.2, -0.15) is 0 Å². The molecular weight excluding hydrogens is 562 g/mol. The van der Waals surface area contributed by atoms with Crippen LogP contribution >= 0.6 is 11.3 Å². The van der Waals surface area contributed by atoms with Gasteiger partial charge in [0.15, 0.2) is 19.0 Å². The largest absolute Gasteiger partial charge is 0.488 e. The van der Waals surface area contributed by atoms with Crippen molar-refractivity contribution < 1.29 is 42.9 Å². The number of amides is 1. The van der Waals surface area contributed by atoms with E-state index in [2.05, 4.69) is 0 Å². The number of ether oxygens (including phenoxy) is 4. The lowest BCUT2D eigenvalue weighted by atomic mass is 10.0. The summed E-state index contributed by atoms with van der Waals surface area (Å²) in [7, 11) is 0. The fraction of sp³-hybridized carbons (Fsp3) is 0.516. The van der Waals surface area contributed by atoms with Crippen LogP contribution < -0.4 is 4.74 Å². The Morgan fingerprint density at radius 3 is 2.38 bits per heavy atom. The molecule has 10 nitrogen and oxygen atoms in total. The van der Waals surface area contributed by atoms with Gasteiger partial charge in [0, 0.05) is 28.1 Å². The van der Waals surface area contributed by atoms with Crippen LogP contribution in [-0.4, -0.2) is 65.9 Å². The average molecular weight is 598 g/mol. The third-order valence-electron chi connectivity index (χ3n) is 7.55. The molecule has 0 radical (unpaired) electrons. The van der Waals surface area contributed by atoms with Crippen molar-refractivity contribution in [3.8, 4) is 16.2 Å². The minimum absolute atomic E-state index is 0.107. The summed E-state index contributed by atoms with van der Waals surface area (Å²) >= 11 is 1.30. The molecule has 5 rings (SSSR count). The lowest BCUT2D eigenvalue weighted by molar-refractivity contribution is -0.148. The molecule has 11 heteroatoms. The molecule has 1 aliphatic carbocycles. The van der Waals surface area contributed by atoms with Crippen LogP contribution in [0, 0.1) is 5.92 Å². The summed E-state index contributed by atoms with van der Waals surface area (Å²) < 4.78 is 21.9. The molecule has 42 heavy (non-hydrogen) atoms. The molecule has 2 aliphatic heterocycles. The van der Waals surface area contributed by atoms with Crippen LogP contribution in [0.25, 0.3) is 10.4 Å². The van der Waals surface area contributed by atoms with Gasteiger partial charge in [0.1, 0.15) is 24.0 Å². The first-order valence-corrected chi connectivity index (χ1v) is 15.1. The number of ketones is 2. The summed E-state index contributed by atoms with van der Waals surface area (Å²) in [6, 6.07) is 5.94. The Balaban J connectivity index is 1.18. The first-order chi connectivity index (χ1) is 20.0. The van der Waals surface area contributed by atoms with Crippen LogP contribution in [0.3, 0.4) is 0 Å². The molecular formula is C31H35NO9S. The van der Waals surface area contributed by atoms with Gasteiger partial charge in [-0.1, -0.05) is 18.9 Å². The third kappa shape index (κ3) is 6.67. The molecule has 3 heterocycles. The summed E-state index contributed by atoms with van der Waals surface area (Å²) in [5.74, 6) is -1.24. The average Bonchev–Trinajstić information content (AvgIpc) is 3.73. The molecule has 0 unspecified atom stereocenters. The number of rotatable bonds is 8. The number of Topliss-reactive ketones (excluding diaryl/α,β-unsaturated/α-hetero) is 2. The van der Waals surface area contributed by atoms with E-state index in [1.807, 2.05) is 0 Å². The topological polar surface area (TPSA) is 126 Å². The minimum atomic E-state index is -0.792. The van der Waals surface area contributed by atoms with Crippen molar-refractivity contribution in [3.63, 3.8) is 0 Å². The zero-order valence-corrected chi connectivity index (χ0v) is 24.9. The SMILES string of the molecule is CC(C)(C)OC(=O)N1CCC[C@H]1C(=O)OCC(=O)c1ccc2c(c1)OCc1cc(C(=O)COC(=O)C3CCCC3)sc1-2. The Labute approximate surface area is 248 Å². The molecule has 1 saturated carbocycles. The number of likely N-dealkylation sites (tertiary alicyclic amines) is 1. The van der Waals surface area contributed by atoms with E-state index in [0.29, 0.717) is 35.6 Å². The molecule has 1 saturated heterocycles. The number of carbonyl (C=O) groups is 5. The zero-order valence-electron chi connectivity index (χ0n) is 24.1. The molecule has 1 aromatic heterocycles. The lowest BCUT2D eigenvalue weighted by Gasteiger charge is -2.27. The zero-order chi connectivity index (χ0) is 30.0. The van der Waals surface area contributed by atoms with Gasteiger partial charge in [-0.05, 0) is 64.7 Å². The number of fused-ring (bicyclic) bond motifs is 3. The first-order valence-electron chi connectivity index (χ1n) is 14.3. The van der Waals surface area contributed by atoms with Crippen molar-refractivity contribution in [2.75, 3.05) is 19.8 Å². The van der Waals surface area contributed by atoms with Gasteiger partial charge in [0.25, 0.3) is 0 Å². The van der Waals surface area contributed by atoms with Crippen LogP contribution in [0.1, 0.15) is 84.9 Å². The van der Waals surface area contributed by atoms with Crippen molar-refractivity contribution in [1.82, 2.24) is 4.90 Å². The molecule has 2 aromatic rings. The predicted octanol–water partition coefficient (Wildman–Crippen LogP) is 5.35. The van der Waals surface area contributed by atoms with Crippen LogP contribution in [0.2, 0.25) is 0 Å². The highest BCUT2D eigenvalue weighted by molar-refractivity contribution is 7.17. The number of thiophene rings is 1. The van der Waals surface area contributed by atoms with E-state index in [1.165, 1.54) is 16.2 Å². The Hall–Kier alpha value is -3.73. The minimum Gasteiger partial charge on any atom is -0.488 e. The Morgan fingerprint density at radius 1 is 0.929 bits per heavy atom. The van der Waals surface area contributed by atoms with E-state index in [0.717, 1.165) is 41.7 Å². The number of hydrogen-bond donors (Lipinski definition) is 0. The molecule has 1 aromatic carbocycles. The summed E-state index contributed by atoms with van der Waals surface area (Å²) in [5.41, 5.74) is 1.21. The highest BCUT2D eigenvalue weighted by Gasteiger charge is 2.38. The third-order valence-corrected chi connectivity index (χ3v) is 8.80. The molecule has 0 bridgehead atoms. The van der Waals surface area contributed by atoms with Crippen LogP contribution in [-0.2, 0) is 30.4 Å². The summed E-state index contributed by atoms with van der Waals surface area (Å²) in [6.07, 6.45) is 4.15. The van der Waals surface area contributed by atoms with Crippen LogP contribution in [0.15, 0.2) is 24.3 Å². The van der Waals surface area contributed by atoms with Gasteiger partial charge in [0.05, 0.1) is 10.8 Å². The smallest absolute Gasteiger partial charge is 0.411 e. The molecule has 3 aliphatic rings. The Morgan fingerprint density at radius 2 is 1.64 bits per heavy atom. The van der Waals surface area contributed by atoms with Crippen molar-refractivity contribution in [1.29, 1.82) is 0 Å². The second kappa shape index (κ2) is 12.2. The normalized spacial score (nSPS) is 18.1. The van der Waals surface area contributed by atoms with Gasteiger partial charge in [-0.25, -0.2) is 9.59 Å². The fourth-order valence-electron chi connectivity index (χ4n) is 5.41. The van der Waals surface area contributed by atoms with E-state index in [4.69, 9.17) is 18.9 Å². The molecule has 1 atom stereocenters. The van der Waals surface area contributed by atoms with Gasteiger partial charge in [0.2, 0.25) is 5.78 Å². The maximum absolute atomic E-state index is 12.9.